The van der Waals surface area contributed by atoms with Crippen molar-refractivity contribution in [1.82, 2.24) is 0 Å². The average Bonchev–Trinajstić information content (AvgIpc) is 2.78. The molecular weight excluding hydrogens is 416 g/mol. The van der Waals surface area contributed by atoms with Gasteiger partial charge in [-0.3, -0.25) is 4.79 Å². The van der Waals surface area contributed by atoms with Crippen LogP contribution in [0.5, 0.6) is 17.2 Å². The molecule has 31 heavy (non-hydrogen) atoms. The number of hydrogen-bond acceptors (Lipinski definition) is 4. The van der Waals surface area contributed by atoms with Gasteiger partial charge < -0.3 is 14.2 Å². The molecule has 4 nitrogen and oxygen atoms in total. The summed E-state index contributed by atoms with van der Waals surface area (Å²) in [5.41, 5.74) is -0.197. The smallest absolute Gasteiger partial charge is 0.204 e. The van der Waals surface area contributed by atoms with Gasteiger partial charge in [0.05, 0.1) is 19.8 Å². The Bertz CT molecular complexity index is 1100. The summed E-state index contributed by atoms with van der Waals surface area (Å²) in [7, 11) is 2.59. The zero-order chi connectivity index (χ0) is 22.7. The Kier molecular flexibility index (Phi) is 6.48. The van der Waals surface area contributed by atoms with E-state index in [1.165, 1.54) is 32.4 Å². The van der Waals surface area contributed by atoms with Crippen LogP contribution in [0.4, 0.5) is 17.6 Å². The lowest BCUT2D eigenvalue weighted by Gasteiger charge is -2.14. The van der Waals surface area contributed by atoms with Gasteiger partial charge in [0.1, 0.15) is 23.7 Å². The van der Waals surface area contributed by atoms with Crippen molar-refractivity contribution < 1.29 is 36.6 Å². The summed E-state index contributed by atoms with van der Waals surface area (Å²) in [6.07, 6.45) is 0. The second-order valence-electron chi connectivity index (χ2n) is 6.63. The number of methoxy groups -OCH3 is 2. The van der Waals surface area contributed by atoms with Gasteiger partial charge in [0.25, 0.3) is 0 Å². The van der Waals surface area contributed by atoms with Gasteiger partial charge in [-0.1, -0.05) is 29.8 Å². The van der Waals surface area contributed by atoms with Crippen molar-refractivity contribution >= 4 is 5.78 Å². The number of carbonyl (C=O) groups excluding carboxylic acids is 1. The Hall–Kier alpha value is -3.55. The van der Waals surface area contributed by atoms with E-state index in [2.05, 4.69) is 0 Å². The lowest BCUT2D eigenvalue weighted by Crippen LogP contribution is -2.14. The number of ether oxygens (including phenoxy) is 3. The molecular formula is C23H18F4O4. The van der Waals surface area contributed by atoms with E-state index in [4.69, 9.17) is 14.2 Å². The molecule has 0 amide bonds. The maximum atomic E-state index is 14.7. The molecule has 0 saturated carbocycles. The third-order valence-electron chi connectivity index (χ3n) is 4.61. The van der Waals surface area contributed by atoms with Gasteiger partial charge >= 0.3 is 0 Å². The van der Waals surface area contributed by atoms with Gasteiger partial charge in [-0.2, -0.15) is 8.78 Å². The monoisotopic (exact) mass is 434 g/mol. The van der Waals surface area contributed by atoms with Gasteiger partial charge in [0, 0.05) is 6.07 Å². The van der Waals surface area contributed by atoms with Crippen molar-refractivity contribution in [2.45, 2.75) is 13.5 Å². The van der Waals surface area contributed by atoms with Gasteiger partial charge in [-0.15, -0.1) is 0 Å². The molecule has 0 unspecified atom stereocenters. The minimum atomic E-state index is -1.86. The molecule has 8 heteroatoms. The maximum absolute atomic E-state index is 14.7. The summed E-state index contributed by atoms with van der Waals surface area (Å²) in [5, 5.41) is 0. The zero-order valence-electron chi connectivity index (χ0n) is 16.9. The van der Waals surface area contributed by atoms with Crippen LogP contribution in [0.3, 0.4) is 0 Å². The molecule has 0 aliphatic heterocycles. The van der Waals surface area contributed by atoms with Crippen molar-refractivity contribution in [1.29, 1.82) is 0 Å². The molecule has 0 fully saturated rings. The van der Waals surface area contributed by atoms with E-state index in [1.807, 2.05) is 6.92 Å². The number of rotatable bonds is 7. The molecule has 0 heterocycles. The van der Waals surface area contributed by atoms with E-state index in [9.17, 15) is 22.4 Å². The lowest BCUT2D eigenvalue weighted by molar-refractivity contribution is 0.102. The number of carbonyl (C=O) groups is 1. The van der Waals surface area contributed by atoms with Crippen LogP contribution in [-0.2, 0) is 6.61 Å². The fraction of sp³-hybridized carbons (Fsp3) is 0.174. The number of aryl methyl sites for hydroxylation is 1. The highest BCUT2D eigenvalue weighted by molar-refractivity contribution is 6.11. The topological polar surface area (TPSA) is 44.8 Å². The highest BCUT2D eigenvalue weighted by atomic mass is 19.2. The number of benzene rings is 3. The van der Waals surface area contributed by atoms with Crippen LogP contribution in [-0.4, -0.2) is 20.0 Å². The largest absolute Gasteiger partial charge is 0.497 e. The predicted octanol–water partition coefficient (Wildman–Crippen LogP) is 5.38. The summed E-state index contributed by atoms with van der Waals surface area (Å²) in [6, 6.07) is 10.6. The van der Waals surface area contributed by atoms with Crippen LogP contribution in [0.1, 0.15) is 27.0 Å². The van der Waals surface area contributed by atoms with E-state index in [0.29, 0.717) is 11.3 Å². The summed E-state index contributed by atoms with van der Waals surface area (Å²) < 4.78 is 73.4. The molecule has 0 radical (unpaired) electrons. The van der Waals surface area contributed by atoms with Crippen molar-refractivity contribution in [3.05, 3.63) is 88.0 Å². The van der Waals surface area contributed by atoms with Gasteiger partial charge in [0.2, 0.25) is 17.4 Å². The molecule has 0 saturated heterocycles. The Morgan fingerprint density at radius 1 is 0.839 bits per heavy atom. The summed E-state index contributed by atoms with van der Waals surface area (Å²) >= 11 is 0. The van der Waals surface area contributed by atoms with Crippen LogP contribution in [0.25, 0.3) is 0 Å². The second kappa shape index (κ2) is 9.07. The van der Waals surface area contributed by atoms with Crippen molar-refractivity contribution in [3.8, 4) is 17.2 Å². The molecule has 0 aromatic heterocycles. The minimum Gasteiger partial charge on any atom is -0.497 e. The quantitative estimate of drug-likeness (QED) is 0.285. The Labute approximate surface area is 176 Å². The van der Waals surface area contributed by atoms with E-state index in [1.54, 1.807) is 24.3 Å². The normalized spacial score (nSPS) is 10.7. The SMILES string of the molecule is COc1ccc(C(=O)c2c(F)c(F)c(OCc3ccc(C)cc3)c(F)c2F)c(OC)c1. The zero-order valence-corrected chi connectivity index (χ0v) is 16.9. The van der Waals surface area contributed by atoms with Crippen LogP contribution >= 0.6 is 0 Å². The standard InChI is InChI=1S/C23H18F4O4/c1-12-4-6-13(7-5-12)11-31-23-20(26)18(24)17(19(25)21(23)27)22(28)15-9-8-14(29-2)10-16(15)30-3/h4-10H,11H2,1-3H3. The molecule has 3 rings (SSSR count). The van der Waals surface area contributed by atoms with E-state index < -0.39 is 40.4 Å². The van der Waals surface area contributed by atoms with E-state index in [-0.39, 0.29) is 17.9 Å². The first kappa shape index (κ1) is 22.1. The van der Waals surface area contributed by atoms with Gasteiger partial charge in [-0.25, -0.2) is 8.78 Å². The van der Waals surface area contributed by atoms with Crippen molar-refractivity contribution in [2.24, 2.45) is 0 Å². The summed E-state index contributed by atoms with van der Waals surface area (Å²) in [5.74, 6) is -9.63. The Morgan fingerprint density at radius 3 is 2.00 bits per heavy atom. The maximum Gasteiger partial charge on any atom is 0.204 e. The Balaban J connectivity index is 1.99. The van der Waals surface area contributed by atoms with Gasteiger partial charge in [0.15, 0.2) is 17.4 Å². The fourth-order valence-electron chi connectivity index (χ4n) is 2.90. The number of halogens is 4. The predicted molar refractivity (Wildman–Crippen MR) is 105 cm³/mol. The average molecular weight is 434 g/mol. The molecule has 0 aliphatic carbocycles. The highest BCUT2D eigenvalue weighted by Crippen LogP contribution is 2.34. The van der Waals surface area contributed by atoms with Crippen LogP contribution in [0.15, 0.2) is 42.5 Å². The third-order valence-corrected chi connectivity index (χ3v) is 4.61. The van der Waals surface area contributed by atoms with Crippen LogP contribution in [0, 0.1) is 30.2 Å². The lowest BCUT2D eigenvalue weighted by atomic mass is 10.00. The molecule has 0 spiro atoms. The molecule has 0 aliphatic rings. The van der Waals surface area contributed by atoms with E-state index in [0.717, 1.165) is 5.56 Å². The van der Waals surface area contributed by atoms with Crippen molar-refractivity contribution in [3.63, 3.8) is 0 Å². The molecule has 0 bridgehead atoms. The number of hydrogen-bond donors (Lipinski definition) is 0. The third kappa shape index (κ3) is 4.33. The first-order chi connectivity index (χ1) is 14.8. The second-order valence-corrected chi connectivity index (χ2v) is 6.63. The molecule has 3 aromatic carbocycles. The summed E-state index contributed by atoms with van der Waals surface area (Å²) in [4.78, 5) is 12.7. The molecule has 0 N–H and O–H groups in total. The van der Waals surface area contributed by atoms with Gasteiger partial charge in [-0.05, 0) is 24.6 Å². The van der Waals surface area contributed by atoms with Crippen molar-refractivity contribution in [2.75, 3.05) is 14.2 Å². The minimum absolute atomic E-state index is 0.0799. The first-order valence-corrected chi connectivity index (χ1v) is 9.09. The fourth-order valence-corrected chi connectivity index (χ4v) is 2.90. The first-order valence-electron chi connectivity index (χ1n) is 9.09. The highest BCUT2D eigenvalue weighted by Gasteiger charge is 2.32. The summed E-state index contributed by atoms with van der Waals surface area (Å²) in [6.45, 7) is 1.52. The molecule has 3 aromatic rings. The number of ketones is 1. The van der Waals surface area contributed by atoms with E-state index >= 15 is 0 Å². The molecule has 0 atom stereocenters. The molecule has 162 valence electrons. The van der Waals surface area contributed by atoms with Crippen LogP contribution in [0.2, 0.25) is 0 Å². The Morgan fingerprint density at radius 2 is 1.45 bits per heavy atom. The van der Waals surface area contributed by atoms with Crippen LogP contribution < -0.4 is 14.2 Å².